The second kappa shape index (κ2) is 9.47. The van der Waals surface area contributed by atoms with Crippen molar-refractivity contribution in [2.24, 2.45) is 5.14 Å². The average molecular weight is 572 g/mol. The Hall–Kier alpha value is -2.16. The van der Waals surface area contributed by atoms with Gasteiger partial charge in [-0.2, -0.15) is 4.31 Å². The number of benzene rings is 2. The van der Waals surface area contributed by atoms with Crippen LogP contribution in [0.5, 0.6) is 0 Å². The van der Waals surface area contributed by atoms with E-state index in [0.29, 0.717) is 17.5 Å². The molecule has 2 aromatic rings. The fourth-order valence-electron chi connectivity index (χ4n) is 4.02. The third-order valence-corrected chi connectivity index (χ3v) is 9.07. The molecule has 10 nitrogen and oxygen atoms in total. The molecule has 13 heteroatoms. The summed E-state index contributed by atoms with van der Waals surface area (Å²) in [6.07, 6.45) is 0.672. The number of anilines is 1. The molecule has 2 fully saturated rings. The van der Waals surface area contributed by atoms with E-state index in [1.165, 1.54) is 36.4 Å². The summed E-state index contributed by atoms with van der Waals surface area (Å²) in [5.41, 5.74) is 0.128. The maximum atomic E-state index is 13.6. The van der Waals surface area contributed by atoms with E-state index in [9.17, 15) is 26.4 Å². The van der Waals surface area contributed by atoms with Gasteiger partial charge in [0, 0.05) is 17.6 Å². The maximum Gasteiger partial charge on any atom is 0.252 e. The summed E-state index contributed by atoms with van der Waals surface area (Å²) in [4.78, 5) is 26.9. The number of ether oxygens (including phenoxy) is 1. The molecule has 2 amide bonds. The second-order valence-corrected chi connectivity index (χ2v) is 12.4. The molecule has 0 saturated carbocycles. The zero-order valence-corrected chi connectivity index (χ0v) is 21.1. The third kappa shape index (κ3) is 4.95. The molecule has 182 valence electrons. The lowest BCUT2D eigenvalue weighted by Crippen LogP contribution is -2.48. The Balaban J connectivity index is 1.68. The van der Waals surface area contributed by atoms with Crippen LogP contribution in [-0.2, 0) is 34.4 Å². The van der Waals surface area contributed by atoms with Gasteiger partial charge in [-0.05, 0) is 61.4 Å². The largest absolute Gasteiger partial charge is 0.377 e. The predicted octanol–water partition coefficient (Wildman–Crippen LogP) is 1.60. The van der Waals surface area contributed by atoms with Crippen molar-refractivity contribution in [3.8, 4) is 0 Å². The Bertz CT molecular complexity index is 1310. The van der Waals surface area contributed by atoms with Crippen LogP contribution in [0.1, 0.15) is 19.3 Å². The molecule has 34 heavy (non-hydrogen) atoms. The average Bonchev–Trinajstić information content (AvgIpc) is 3.39. The van der Waals surface area contributed by atoms with Gasteiger partial charge in [0.2, 0.25) is 26.0 Å². The first-order chi connectivity index (χ1) is 16.0. The molecule has 2 aliphatic heterocycles. The fourth-order valence-corrected chi connectivity index (χ4v) is 6.41. The molecule has 2 heterocycles. The first-order valence-electron chi connectivity index (χ1n) is 10.4. The fraction of sp³-hybridized carbons (Fsp3) is 0.333. The third-order valence-electron chi connectivity index (χ3n) is 5.72. The van der Waals surface area contributed by atoms with E-state index in [2.05, 4.69) is 15.9 Å². The van der Waals surface area contributed by atoms with Crippen LogP contribution < -0.4 is 10.0 Å². The summed E-state index contributed by atoms with van der Waals surface area (Å²) in [5, 5.41) is 5.10. The molecule has 2 unspecified atom stereocenters. The first-order valence-corrected chi connectivity index (χ1v) is 14.1. The van der Waals surface area contributed by atoms with Gasteiger partial charge in [0.05, 0.1) is 28.0 Å². The Labute approximate surface area is 205 Å². The molecule has 2 saturated heterocycles. The highest BCUT2D eigenvalue weighted by Gasteiger charge is 2.47. The highest BCUT2D eigenvalue weighted by molar-refractivity contribution is 9.10. The molecule has 4 rings (SSSR count). The minimum Gasteiger partial charge on any atom is -0.377 e. The highest BCUT2D eigenvalue weighted by atomic mass is 79.9. The van der Waals surface area contributed by atoms with Gasteiger partial charge in [-0.3, -0.25) is 9.59 Å². The zero-order chi connectivity index (χ0) is 24.7. The van der Waals surface area contributed by atoms with Crippen molar-refractivity contribution in [3.63, 3.8) is 0 Å². The van der Waals surface area contributed by atoms with Crippen molar-refractivity contribution in [3.05, 3.63) is 53.0 Å². The summed E-state index contributed by atoms with van der Waals surface area (Å²) >= 11 is 3.28. The number of nitrogens with two attached hydrogens (primary N) is 1. The molecule has 2 aromatic carbocycles. The van der Waals surface area contributed by atoms with E-state index in [-0.39, 0.29) is 28.4 Å². The minimum atomic E-state index is -4.14. The number of sulfonamides is 2. The van der Waals surface area contributed by atoms with Crippen LogP contribution in [0.25, 0.3) is 0 Å². The summed E-state index contributed by atoms with van der Waals surface area (Å²) in [6, 6.07) is 9.68. The van der Waals surface area contributed by atoms with E-state index in [1.54, 1.807) is 12.1 Å². The van der Waals surface area contributed by atoms with Crippen LogP contribution in [0, 0.1) is 0 Å². The van der Waals surface area contributed by atoms with Crippen molar-refractivity contribution < 1.29 is 31.2 Å². The molecular formula is C21H22BrN3O7S2. The number of rotatable bonds is 7. The maximum absolute atomic E-state index is 13.6. The lowest BCUT2D eigenvalue weighted by atomic mass is 10.2. The van der Waals surface area contributed by atoms with Gasteiger partial charge in [-0.25, -0.2) is 26.9 Å². The van der Waals surface area contributed by atoms with Gasteiger partial charge < -0.3 is 4.74 Å². The molecule has 0 bridgehead atoms. The molecular weight excluding hydrogens is 550 g/mol. The lowest BCUT2D eigenvalue weighted by molar-refractivity contribution is -0.122. The Kier molecular flexibility index (Phi) is 6.95. The van der Waals surface area contributed by atoms with Crippen molar-refractivity contribution in [1.29, 1.82) is 0 Å². The molecule has 2 atom stereocenters. The molecule has 0 aliphatic carbocycles. The van der Waals surface area contributed by atoms with Gasteiger partial charge in [0.25, 0.3) is 5.91 Å². The Morgan fingerprint density at radius 3 is 2.18 bits per heavy atom. The van der Waals surface area contributed by atoms with Crippen molar-refractivity contribution >= 4 is 53.5 Å². The molecule has 0 aromatic heterocycles. The molecule has 0 radical (unpaired) electrons. The highest BCUT2D eigenvalue weighted by Crippen LogP contribution is 2.31. The molecule has 2 aliphatic rings. The van der Waals surface area contributed by atoms with Crippen LogP contribution in [0.2, 0.25) is 0 Å². The summed E-state index contributed by atoms with van der Waals surface area (Å²) in [6.45, 7) is 0.428. The monoisotopic (exact) mass is 571 g/mol. The quantitative estimate of drug-likeness (QED) is 0.497. The van der Waals surface area contributed by atoms with Crippen molar-refractivity contribution in [2.45, 2.75) is 41.2 Å². The van der Waals surface area contributed by atoms with E-state index >= 15 is 0 Å². The van der Waals surface area contributed by atoms with Crippen molar-refractivity contribution in [2.75, 3.05) is 18.1 Å². The number of amides is 2. The van der Waals surface area contributed by atoms with Gasteiger partial charge in [-0.15, -0.1) is 0 Å². The Morgan fingerprint density at radius 2 is 1.62 bits per heavy atom. The predicted molar refractivity (Wildman–Crippen MR) is 126 cm³/mol. The van der Waals surface area contributed by atoms with E-state index in [1.807, 2.05) is 0 Å². The summed E-state index contributed by atoms with van der Waals surface area (Å²) in [7, 11) is -8.09. The number of carbonyl (C=O) groups is 2. The lowest BCUT2D eigenvalue weighted by Gasteiger charge is -2.29. The summed E-state index contributed by atoms with van der Waals surface area (Å²) < 4.78 is 57.5. The molecule has 2 N–H and O–H groups in total. The smallest absolute Gasteiger partial charge is 0.252 e. The molecule has 0 spiro atoms. The number of hydrogen-bond donors (Lipinski definition) is 1. The van der Waals surface area contributed by atoms with Crippen LogP contribution in [0.15, 0.2) is 62.8 Å². The number of carbonyl (C=O) groups excluding carboxylic acids is 2. The summed E-state index contributed by atoms with van der Waals surface area (Å²) in [5.74, 6) is -1.31. The van der Waals surface area contributed by atoms with E-state index < -0.39 is 44.0 Å². The SMILES string of the molecule is NS(=O)(=O)c1ccc(N2C(=O)CC(N(CC3CCCO3)S(=O)(=O)c3ccc(Br)cc3)C2=O)cc1. The normalized spacial score (nSPS) is 21.6. The number of halogens is 1. The van der Waals surface area contributed by atoms with Crippen LogP contribution in [0.4, 0.5) is 5.69 Å². The standard InChI is InChI=1S/C21H22BrN3O7S2/c22-14-3-7-18(8-4-14)34(30,31)24(13-16-2-1-11-32-16)19-12-20(26)25(21(19)27)15-5-9-17(10-6-15)33(23,28)29/h3-10,16,19H,1-2,11-13H2,(H2,23,28,29). The zero-order valence-electron chi connectivity index (χ0n) is 17.8. The second-order valence-electron chi connectivity index (χ2n) is 7.99. The number of nitrogens with zero attached hydrogens (tertiary/aromatic N) is 2. The van der Waals surface area contributed by atoms with Crippen molar-refractivity contribution in [1.82, 2.24) is 4.31 Å². The van der Waals surface area contributed by atoms with Crippen LogP contribution >= 0.6 is 15.9 Å². The van der Waals surface area contributed by atoms with Gasteiger partial charge in [-0.1, -0.05) is 15.9 Å². The number of primary sulfonamides is 1. The topological polar surface area (TPSA) is 144 Å². The van der Waals surface area contributed by atoms with E-state index in [0.717, 1.165) is 15.6 Å². The van der Waals surface area contributed by atoms with Crippen LogP contribution in [0.3, 0.4) is 0 Å². The van der Waals surface area contributed by atoms with Gasteiger partial charge in [0.1, 0.15) is 6.04 Å². The van der Waals surface area contributed by atoms with E-state index in [4.69, 9.17) is 9.88 Å². The first kappa shape index (κ1) is 24.9. The number of imide groups is 1. The Morgan fingerprint density at radius 1 is 1.00 bits per heavy atom. The number of hydrogen-bond acceptors (Lipinski definition) is 7. The van der Waals surface area contributed by atoms with Gasteiger partial charge in [0.15, 0.2) is 0 Å². The van der Waals surface area contributed by atoms with Gasteiger partial charge >= 0.3 is 0 Å². The van der Waals surface area contributed by atoms with Crippen LogP contribution in [-0.4, -0.2) is 58.3 Å². The minimum absolute atomic E-state index is 0.00935.